The monoisotopic (exact) mass is 228 g/mol. The first-order valence-electron chi connectivity index (χ1n) is 6.72. The Balaban J connectivity index is 2.02. The van der Waals surface area contributed by atoms with Gasteiger partial charge in [-0.05, 0) is 38.8 Å². The first-order chi connectivity index (χ1) is 7.68. The molecule has 1 N–H and O–H groups in total. The molecule has 0 radical (unpaired) electrons. The van der Waals surface area contributed by atoms with Gasteiger partial charge >= 0.3 is 0 Å². The maximum absolute atomic E-state index is 5.66. The predicted molar refractivity (Wildman–Crippen MR) is 68.8 cm³/mol. The van der Waals surface area contributed by atoms with Crippen molar-refractivity contribution in [1.29, 1.82) is 0 Å². The zero-order valence-corrected chi connectivity index (χ0v) is 11.2. The van der Waals surface area contributed by atoms with Crippen LogP contribution in [0.4, 0.5) is 0 Å². The van der Waals surface area contributed by atoms with Gasteiger partial charge in [-0.2, -0.15) is 0 Å². The van der Waals surface area contributed by atoms with Crippen LogP contribution >= 0.6 is 0 Å². The Bertz CT molecular complexity index is 173. The summed E-state index contributed by atoms with van der Waals surface area (Å²) in [4.78, 5) is 2.51. The Morgan fingerprint density at radius 1 is 1.38 bits per heavy atom. The smallest absolute Gasteiger partial charge is 0.0593 e. The minimum Gasteiger partial charge on any atom is -0.380 e. The Morgan fingerprint density at radius 2 is 2.19 bits per heavy atom. The number of nitrogens with zero attached hydrogens (tertiary/aromatic N) is 1. The average molecular weight is 228 g/mol. The number of rotatable bonds is 6. The lowest BCUT2D eigenvalue weighted by molar-refractivity contribution is 0.0959. The summed E-state index contributed by atoms with van der Waals surface area (Å²) in [5.74, 6) is 0.752. The largest absolute Gasteiger partial charge is 0.380 e. The first kappa shape index (κ1) is 13.9. The topological polar surface area (TPSA) is 24.5 Å². The Morgan fingerprint density at radius 3 is 2.94 bits per heavy atom. The van der Waals surface area contributed by atoms with Crippen molar-refractivity contribution >= 4 is 0 Å². The second-order valence-electron chi connectivity index (χ2n) is 5.30. The Labute approximate surface area is 101 Å². The van der Waals surface area contributed by atoms with Gasteiger partial charge in [-0.1, -0.05) is 13.8 Å². The summed E-state index contributed by atoms with van der Waals surface area (Å²) in [7, 11) is 0. The molecule has 0 spiro atoms. The molecule has 0 aromatic carbocycles. The summed E-state index contributed by atoms with van der Waals surface area (Å²) >= 11 is 0. The van der Waals surface area contributed by atoms with Gasteiger partial charge in [0.1, 0.15) is 0 Å². The Hall–Kier alpha value is -0.120. The summed E-state index contributed by atoms with van der Waals surface area (Å²) in [6.07, 6.45) is 2.44. The second kappa shape index (κ2) is 8.04. The minimum absolute atomic E-state index is 0.623. The second-order valence-corrected chi connectivity index (χ2v) is 5.30. The fourth-order valence-corrected chi connectivity index (χ4v) is 2.01. The van der Waals surface area contributed by atoms with Crippen LogP contribution in [0, 0.1) is 5.92 Å². The molecule has 1 heterocycles. The van der Waals surface area contributed by atoms with E-state index in [4.69, 9.17) is 4.74 Å². The lowest BCUT2D eigenvalue weighted by atomic mass is 10.1. The van der Waals surface area contributed by atoms with Gasteiger partial charge in [0.2, 0.25) is 0 Å². The van der Waals surface area contributed by atoms with Gasteiger partial charge in [-0.3, -0.25) is 4.90 Å². The fourth-order valence-electron chi connectivity index (χ4n) is 2.01. The summed E-state index contributed by atoms with van der Waals surface area (Å²) in [6.45, 7) is 13.2. The number of ether oxygens (including phenoxy) is 1. The molecule has 0 aliphatic carbocycles. The van der Waals surface area contributed by atoms with Crippen molar-refractivity contribution in [3.63, 3.8) is 0 Å². The van der Waals surface area contributed by atoms with Crippen LogP contribution < -0.4 is 5.32 Å². The molecule has 1 atom stereocenters. The predicted octanol–water partition coefficient (Wildman–Crippen LogP) is 1.73. The van der Waals surface area contributed by atoms with Gasteiger partial charge in [-0.15, -0.1) is 0 Å². The fraction of sp³-hybridized carbons (Fsp3) is 1.00. The lowest BCUT2D eigenvalue weighted by Gasteiger charge is -2.22. The van der Waals surface area contributed by atoms with Gasteiger partial charge in [0.15, 0.2) is 0 Å². The number of hydrogen-bond acceptors (Lipinski definition) is 3. The van der Waals surface area contributed by atoms with Gasteiger partial charge in [0.25, 0.3) is 0 Å². The molecule has 1 saturated heterocycles. The maximum Gasteiger partial charge on any atom is 0.0593 e. The molecule has 1 fully saturated rings. The zero-order chi connectivity index (χ0) is 11.8. The third kappa shape index (κ3) is 6.46. The van der Waals surface area contributed by atoms with Gasteiger partial charge < -0.3 is 10.1 Å². The van der Waals surface area contributed by atoms with E-state index in [0.717, 1.165) is 38.8 Å². The highest BCUT2D eigenvalue weighted by Gasteiger charge is 2.13. The average Bonchev–Trinajstić information content (AvgIpc) is 2.42. The molecular weight excluding hydrogens is 200 g/mol. The van der Waals surface area contributed by atoms with Crippen LogP contribution in [0.5, 0.6) is 0 Å². The molecule has 3 nitrogen and oxygen atoms in total. The number of nitrogens with one attached hydrogen (secondary N) is 1. The molecule has 1 aliphatic rings. The molecule has 0 saturated carbocycles. The van der Waals surface area contributed by atoms with Gasteiger partial charge in [0.05, 0.1) is 6.61 Å². The van der Waals surface area contributed by atoms with Crippen molar-refractivity contribution in [2.24, 2.45) is 5.92 Å². The van der Waals surface area contributed by atoms with Crippen molar-refractivity contribution in [3.8, 4) is 0 Å². The van der Waals surface area contributed by atoms with E-state index < -0.39 is 0 Å². The van der Waals surface area contributed by atoms with Gasteiger partial charge in [-0.25, -0.2) is 0 Å². The minimum atomic E-state index is 0.623. The molecule has 0 aromatic rings. The molecule has 0 aromatic heterocycles. The van der Waals surface area contributed by atoms with Crippen LogP contribution in [0.1, 0.15) is 33.6 Å². The number of hydrogen-bond donors (Lipinski definition) is 1. The third-order valence-electron chi connectivity index (χ3n) is 3.07. The molecule has 0 bridgehead atoms. The summed E-state index contributed by atoms with van der Waals surface area (Å²) in [5.41, 5.74) is 0. The van der Waals surface area contributed by atoms with Crippen molar-refractivity contribution in [2.75, 3.05) is 39.4 Å². The molecule has 96 valence electrons. The summed E-state index contributed by atoms with van der Waals surface area (Å²) in [6, 6.07) is 0.623. The highest BCUT2D eigenvalue weighted by Crippen LogP contribution is 2.01. The molecule has 1 unspecified atom stereocenters. The lowest BCUT2D eigenvalue weighted by Crippen LogP contribution is -2.37. The Kier molecular flexibility index (Phi) is 7.01. The first-order valence-corrected chi connectivity index (χ1v) is 6.72. The van der Waals surface area contributed by atoms with E-state index in [1.165, 1.54) is 19.4 Å². The highest BCUT2D eigenvalue weighted by molar-refractivity contribution is 4.72. The van der Waals surface area contributed by atoms with E-state index in [0.29, 0.717) is 6.04 Å². The molecule has 1 aliphatic heterocycles. The zero-order valence-electron chi connectivity index (χ0n) is 11.2. The van der Waals surface area contributed by atoms with Crippen LogP contribution in [0.2, 0.25) is 0 Å². The van der Waals surface area contributed by atoms with Gasteiger partial charge in [0, 0.05) is 25.7 Å². The van der Waals surface area contributed by atoms with Crippen molar-refractivity contribution < 1.29 is 4.74 Å². The van der Waals surface area contributed by atoms with Crippen LogP contribution in [0.15, 0.2) is 0 Å². The summed E-state index contributed by atoms with van der Waals surface area (Å²) < 4.78 is 5.66. The quantitative estimate of drug-likeness (QED) is 0.701. The highest BCUT2D eigenvalue weighted by atomic mass is 16.5. The van der Waals surface area contributed by atoms with Crippen LogP contribution in [-0.2, 0) is 4.74 Å². The summed E-state index contributed by atoms with van der Waals surface area (Å²) in [5, 5.41) is 3.51. The standard InChI is InChI=1S/C13H28N2O/c1-12(2)5-9-16-10-8-15-7-4-6-14-13(3)11-15/h12-14H,4-11H2,1-3H3. The molecule has 0 amide bonds. The van der Waals surface area contributed by atoms with E-state index in [-0.39, 0.29) is 0 Å². The molecule has 3 heteroatoms. The SMILES string of the molecule is CC(C)CCOCCN1CCCNC(C)C1. The van der Waals surface area contributed by atoms with E-state index in [1.807, 2.05) is 0 Å². The van der Waals surface area contributed by atoms with E-state index >= 15 is 0 Å². The molecule has 16 heavy (non-hydrogen) atoms. The molecule has 1 rings (SSSR count). The maximum atomic E-state index is 5.66. The van der Waals surface area contributed by atoms with E-state index in [1.54, 1.807) is 0 Å². The third-order valence-corrected chi connectivity index (χ3v) is 3.07. The normalized spacial score (nSPS) is 23.6. The van der Waals surface area contributed by atoms with Crippen molar-refractivity contribution in [1.82, 2.24) is 10.2 Å². The van der Waals surface area contributed by atoms with E-state index in [2.05, 4.69) is 31.0 Å². The van der Waals surface area contributed by atoms with E-state index in [9.17, 15) is 0 Å². The van der Waals surface area contributed by atoms with Crippen LogP contribution in [-0.4, -0.2) is 50.3 Å². The van der Waals surface area contributed by atoms with Crippen molar-refractivity contribution in [3.05, 3.63) is 0 Å². The van der Waals surface area contributed by atoms with Crippen LogP contribution in [0.25, 0.3) is 0 Å². The van der Waals surface area contributed by atoms with Crippen LogP contribution in [0.3, 0.4) is 0 Å². The molecular formula is C13H28N2O. The van der Waals surface area contributed by atoms with Crippen molar-refractivity contribution in [2.45, 2.75) is 39.7 Å².